The molecule has 0 saturated heterocycles. The van der Waals surface area contributed by atoms with Crippen molar-refractivity contribution in [2.24, 2.45) is 0 Å². The number of benzene rings is 1. The molecule has 0 fully saturated rings. The van der Waals surface area contributed by atoms with Gasteiger partial charge in [-0.25, -0.2) is 0 Å². The first-order chi connectivity index (χ1) is 8.21. The van der Waals surface area contributed by atoms with E-state index in [4.69, 9.17) is 0 Å². The van der Waals surface area contributed by atoms with Crippen LogP contribution < -0.4 is 5.32 Å². The third-order valence-electron chi connectivity index (χ3n) is 2.20. The standard InChI is InChI=1S/C12H14F3NOS/c1-8(17)16-11-9(7-18(2)3)5-4-6-10(11)12(13,14)15/h4-6H,7H2,1-3H3/p+1. The van der Waals surface area contributed by atoms with Gasteiger partial charge in [0.25, 0.3) is 0 Å². The topological polar surface area (TPSA) is 29.1 Å². The summed E-state index contributed by atoms with van der Waals surface area (Å²) in [6.07, 6.45) is -0.580. The van der Waals surface area contributed by atoms with Gasteiger partial charge in [-0.3, -0.25) is 4.79 Å². The zero-order chi connectivity index (χ0) is 13.9. The number of anilines is 1. The van der Waals surface area contributed by atoms with Crippen molar-refractivity contribution in [3.8, 4) is 0 Å². The number of hydrogen-bond donors (Lipinski definition) is 1. The van der Waals surface area contributed by atoms with Crippen molar-refractivity contribution in [2.75, 3.05) is 17.8 Å². The van der Waals surface area contributed by atoms with Crippen LogP contribution in [0.3, 0.4) is 0 Å². The number of carbonyl (C=O) groups is 1. The molecule has 1 N–H and O–H groups in total. The number of para-hydroxylation sites is 1. The first kappa shape index (κ1) is 14.9. The number of alkyl halides is 3. The highest BCUT2D eigenvalue weighted by Crippen LogP contribution is 2.37. The maximum Gasteiger partial charge on any atom is 0.418 e. The molecule has 0 aliphatic rings. The van der Waals surface area contributed by atoms with Crippen LogP contribution in [0, 0.1) is 0 Å². The van der Waals surface area contributed by atoms with Gasteiger partial charge >= 0.3 is 6.18 Å². The highest BCUT2D eigenvalue weighted by atomic mass is 32.2. The molecule has 0 heterocycles. The van der Waals surface area contributed by atoms with E-state index in [0.717, 1.165) is 6.07 Å². The Morgan fingerprint density at radius 1 is 1.33 bits per heavy atom. The summed E-state index contributed by atoms with van der Waals surface area (Å²) in [5, 5.41) is 2.30. The molecule has 1 aromatic carbocycles. The molecule has 0 radical (unpaired) electrons. The first-order valence-corrected chi connectivity index (χ1v) is 7.43. The maximum absolute atomic E-state index is 12.9. The van der Waals surface area contributed by atoms with E-state index in [2.05, 4.69) is 5.32 Å². The maximum atomic E-state index is 12.9. The molecule has 0 aliphatic heterocycles. The predicted octanol–water partition coefficient (Wildman–Crippen LogP) is 3.04. The van der Waals surface area contributed by atoms with E-state index in [1.807, 2.05) is 12.5 Å². The summed E-state index contributed by atoms with van der Waals surface area (Å²) >= 11 is 0. The van der Waals surface area contributed by atoms with Crippen LogP contribution in [0.2, 0.25) is 0 Å². The molecule has 2 nitrogen and oxygen atoms in total. The number of rotatable bonds is 3. The van der Waals surface area contributed by atoms with E-state index in [9.17, 15) is 18.0 Å². The molecule has 0 aliphatic carbocycles. The van der Waals surface area contributed by atoms with Crippen molar-refractivity contribution in [2.45, 2.75) is 18.9 Å². The third-order valence-corrected chi connectivity index (χ3v) is 3.09. The van der Waals surface area contributed by atoms with Crippen LogP contribution in [-0.4, -0.2) is 18.4 Å². The third kappa shape index (κ3) is 3.94. The van der Waals surface area contributed by atoms with Gasteiger partial charge in [-0.15, -0.1) is 0 Å². The Morgan fingerprint density at radius 2 is 1.94 bits per heavy atom. The minimum absolute atomic E-state index is 0.0454. The normalized spacial score (nSPS) is 11.7. The Labute approximate surface area is 107 Å². The van der Waals surface area contributed by atoms with E-state index in [0.29, 0.717) is 11.3 Å². The van der Waals surface area contributed by atoms with E-state index < -0.39 is 17.6 Å². The molecule has 0 saturated carbocycles. The summed E-state index contributed by atoms with van der Waals surface area (Å²) in [5.41, 5.74) is -0.382. The quantitative estimate of drug-likeness (QED) is 0.846. The van der Waals surface area contributed by atoms with Crippen molar-refractivity contribution in [3.63, 3.8) is 0 Å². The van der Waals surface area contributed by atoms with Gasteiger partial charge in [0.15, 0.2) is 0 Å². The van der Waals surface area contributed by atoms with Crippen LogP contribution >= 0.6 is 0 Å². The van der Waals surface area contributed by atoms with Gasteiger partial charge in [-0.2, -0.15) is 13.2 Å². The van der Waals surface area contributed by atoms with Crippen LogP contribution in [0.4, 0.5) is 18.9 Å². The van der Waals surface area contributed by atoms with Crippen molar-refractivity contribution in [1.29, 1.82) is 0 Å². The van der Waals surface area contributed by atoms with Crippen LogP contribution in [0.1, 0.15) is 18.1 Å². The molecule has 0 spiro atoms. The Hall–Kier alpha value is -1.17. The fourth-order valence-electron chi connectivity index (χ4n) is 1.59. The lowest BCUT2D eigenvalue weighted by atomic mass is 10.1. The lowest BCUT2D eigenvalue weighted by Gasteiger charge is -2.16. The minimum Gasteiger partial charge on any atom is -0.325 e. The minimum atomic E-state index is -4.46. The number of amides is 1. The molecule has 0 aromatic heterocycles. The molecule has 0 unspecified atom stereocenters. The molecule has 1 aromatic rings. The summed E-state index contributed by atoms with van der Waals surface area (Å²) in [6, 6.07) is 3.97. The van der Waals surface area contributed by atoms with E-state index in [1.54, 1.807) is 6.07 Å². The number of nitrogens with one attached hydrogen (secondary N) is 1. The van der Waals surface area contributed by atoms with Crippen LogP contribution in [0.5, 0.6) is 0 Å². The molecule has 0 atom stereocenters. The largest absolute Gasteiger partial charge is 0.418 e. The first-order valence-electron chi connectivity index (χ1n) is 5.22. The highest BCUT2D eigenvalue weighted by molar-refractivity contribution is 7.94. The summed E-state index contributed by atoms with van der Waals surface area (Å²) in [7, 11) is -0.0454. The molecule has 1 amide bonds. The molecule has 6 heteroatoms. The average Bonchev–Trinajstić information content (AvgIpc) is 2.17. The summed E-state index contributed by atoms with van der Waals surface area (Å²) in [4.78, 5) is 11.1. The van der Waals surface area contributed by atoms with Gasteiger partial charge in [0.1, 0.15) is 5.75 Å². The van der Waals surface area contributed by atoms with Gasteiger partial charge < -0.3 is 5.32 Å². The molecular formula is C12H15F3NOS+. The van der Waals surface area contributed by atoms with Gasteiger partial charge in [0.05, 0.1) is 23.8 Å². The van der Waals surface area contributed by atoms with Crippen molar-refractivity contribution in [3.05, 3.63) is 29.3 Å². The fourth-order valence-corrected chi connectivity index (χ4v) is 2.45. The Kier molecular flexibility index (Phi) is 4.67. The lowest BCUT2D eigenvalue weighted by molar-refractivity contribution is -0.137. The number of halogens is 3. The van der Waals surface area contributed by atoms with Gasteiger partial charge in [0.2, 0.25) is 5.91 Å². The van der Waals surface area contributed by atoms with E-state index in [1.165, 1.54) is 13.0 Å². The number of carbonyl (C=O) groups excluding carboxylic acids is 1. The summed E-state index contributed by atoms with van der Waals surface area (Å²) in [6.45, 7) is 1.20. The number of hydrogen-bond acceptors (Lipinski definition) is 1. The molecule has 1 rings (SSSR count). The van der Waals surface area contributed by atoms with E-state index in [-0.39, 0.29) is 16.6 Å². The SMILES string of the molecule is CC(=O)Nc1c(C[S+](C)C)cccc1C(F)(F)F. The summed E-state index contributed by atoms with van der Waals surface area (Å²) < 4.78 is 38.6. The van der Waals surface area contributed by atoms with Gasteiger partial charge in [-0.05, 0) is 17.0 Å². The van der Waals surface area contributed by atoms with Crippen molar-refractivity contribution < 1.29 is 18.0 Å². The van der Waals surface area contributed by atoms with Crippen molar-refractivity contribution in [1.82, 2.24) is 0 Å². The smallest absolute Gasteiger partial charge is 0.325 e. The zero-order valence-electron chi connectivity index (χ0n) is 10.4. The van der Waals surface area contributed by atoms with Crippen molar-refractivity contribution >= 4 is 22.5 Å². The van der Waals surface area contributed by atoms with Crippen LogP contribution in [0.15, 0.2) is 18.2 Å². The average molecular weight is 278 g/mol. The second-order valence-electron chi connectivity index (χ2n) is 4.15. The fraction of sp³-hybridized carbons (Fsp3) is 0.417. The second-order valence-corrected chi connectivity index (χ2v) is 6.41. The Bertz CT molecular complexity index is 443. The van der Waals surface area contributed by atoms with Crippen LogP contribution in [0.25, 0.3) is 0 Å². The Balaban J connectivity index is 3.30. The second kappa shape index (κ2) is 5.65. The monoisotopic (exact) mass is 278 g/mol. The van der Waals surface area contributed by atoms with Crippen LogP contribution in [-0.2, 0) is 27.6 Å². The highest BCUT2D eigenvalue weighted by Gasteiger charge is 2.35. The zero-order valence-corrected chi connectivity index (χ0v) is 11.2. The lowest BCUT2D eigenvalue weighted by Crippen LogP contribution is -2.16. The molecule has 18 heavy (non-hydrogen) atoms. The Morgan fingerprint density at radius 3 is 2.39 bits per heavy atom. The molecule has 100 valence electrons. The van der Waals surface area contributed by atoms with Gasteiger partial charge in [0, 0.05) is 12.5 Å². The summed E-state index contributed by atoms with van der Waals surface area (Å²) in [5.74, 6) is 0.0135. The van der Waals surface area contributed by atoms with E-state index >= 15 is 0 Å². The molecule has 0 bridgehead atoms. The molecular weight excluding hydrogens is 263 g/mol. The van der Waals surface area contributed by atoms with Gasteiger partial charge in [-0.1, -0.05) is 12.1 Å². The predicted molar refractivity (Wildman–Crippen MR) is 68.7 cm³/mol.